The maximum atomic E-state index is 5.87. The third-order valence-electron chi connectivity index (χ3n) is 2.72. The van der Waals surface area contributed by atoms with Gasteiger partial charge in [0.2, 0.25) is 0 Å². The number of benzene rings is 2. The fourth-order valence-corrected chi connectivity index (χ4v) is 4.38. The van der Waals surface area contributed by atoms with Gasteiger partial charge in [-0.2, -0.15) is 0 Å². The van der Waals surface area contributed by atoms with Crippen LogP contribution in [-0.4, -0.2) is 0 Å². The normalized spacial score (nSPS) is 11.6. The third kappa shape index (κ3) is 3.01. The molecule has 0 fully saturated rings. The molecule has 4 N–H and O–H groups in total. The second-order valence-corrected chi connectivity index (χ2v) is 9.06. The third-order valence-corrected chi connectivity index (χ3v) is 6.70. The molecule has 0 spiro atoms. The van der Waals surface area contributed by atoms with Crippen molar-refractivity contribution in [2.75, 3.05) is 11.5 Å². The molecule has 0 heterocycles. The Kier molecular flexibility index (Phi) is 4.65. The van der Waals surface area contributed by atoms with Gasteiger partial charge < -0.3 is 11.5 Å². The van der Waals surface area contributed by atoms with E-state index in [0.717, 1.165) is 25.8 Å². The van der Waals surface area contributed by atoms with E-state index >= 15 is 0 Å². The SMILES string of the molecule is Nc1ccc(C(Br)(Br)c2ccc(N)c(Br)c2Br)cc1. The lowest BCUT2D eigenvalue weighted by molar-refractivity contribution is 1.10. The van der Waals surface area contributed by atoms with Crippen molar-refractivity contribution in [3.63, 3.8) is 0 Å². The summed E-state index contributed by atoms with van der Waals surface area (Å²) in [5, 5.41) is 0. The minimum Gasteiger partial charge on any atom is -0.399 e. The molecule has 0 atom stereocenters. The first-order valence-corrected chi connectivity index (χ1v) is 8.49. The average molecular weight is 514 g/mol. The van der Waals surface area contributed by atoms with Gasteiger partial charge in [0.05, 0.1) is 4.47 Å². The first-order valence-electron chi connectivity index (χ1n) is 5.32. The molecule has 0 aliphatic heterocycles. The zero-order chi connectivity index (χ0) is 14.2. The van der Waals surface area contributed by atoms with E-state index in [1.165, 1.54) is 0 Å². The van der Waals surface area contributed by atoms with Crippen molar-refractivity contribution in [2.45, 2.75) is 3.23 Å². The quantitative estimate of drug-likeness (QED) is 0.419. The van der Waals surface area contributed by atoms with Gasteiger partial charge in [0.15, 0.2) is 0 Å². The summed E-state index contributed by atoms with van der Waals surface area (Å²) < 4.78 is 1.23. The Hall–Kier alpha value is -0.0400. The van der Waals surface area contributed by atoms with Crippen LogP contribution >= 0.6 is 63.7 Å². The lowest BCUT2D eigenvalue weighted by atomic mass is 10.0. The van der Waals surface area contributed by atoms with E-state index in [1.807, 2.05) is 36.4 Å². The summed E-state index contributed by atoms with van der Waals surface area (Å²) in [5.74, 6) is 0. The first kappa shape index (κ1) is 15.4. The molecule has 0 aromatic heterocycles. The summed E-state index contributed by atoms with van der Waals surface area (Å²) in [4.78, 5) is 0. The van der Waals surface area contributed by atoms with Crippen LogP contribution in [0.4, 0.5) is 11.4 Å². The van der Waals surface area contributed by atoms with E-state index in [9.17, 15) is 0 Å². The van der Waals surface area contributed by atoms with Crippen LogP contribution in [0, 0.1) is 0 Å². The number of anilines is 2. The zero-order valence-electron chi connectivity index (χ0n) is 9.63. The van der Waals surface area contributed by atoms with Gasteiger partial charge in [0, 0.05) is 15.8 Å². The molecule has 0 aliphatic carbocycles. The topological polar surface area (TPSA) is 52.0 Å². The summed E-state index contributed by atoms with van der Waals surface area (Å²) in [6.07, 6.45) is 0. The molecule has 2 nitrogen and oxygen atoms in total. The monoisotopic (exact) mass is 510 g/mol. The van der Waals surface area contributed by atoms with Crippen molar-refractivity contribution in [1.82, 2.24) is 0 Å². The van der Waals surface area contributed by atoms with Crippen molar-refractivity contribution < 1.29 is 0 Å². The predicted molar refractivity (Wildman–Crippen MR) is 95.7 cm³/mol. The molecule has 2 aromatic rings. The highest BCUT2D eigenvalue weighted by Crippen LogP contribution is 2.49. The molecule has 19 heavy (non-hydrogen) atoms. The maximum Gasteiger partial charge on any atom is 0.131 e. The molecule has 0 bridgehead atoms. The number of hydrogen-bond acceptors (Lipinski definition) is 2. The minimum absolute atomic E-state index is 0.511. The van der Waals surface area contributed by atoms with E-state index in [0.29, 0.717) is 5.69 Å². The molecule has 0 radical (unpaired) electrons. The number of alkyl halides is 2. The van der Waals surface area contributed by atoms with E-state index in [4.69, 9.17) is 11.5 Å². The highest BCUT2D eigenvalue weighted by atomic mass is 79.9. The molecule has 2 rings (SSSR count). The van der Waals surface area contributed by atoms with Gasteiger partial charge in [-0.15, -0.1) is 0 Å². The average Bonchev–Trinajstić information content (AvgIpc) is 2.36. The van der Waals surface area contributed by atoms with E-state index < -0.39 is 3.23 Å². The Morgan fingerprint density at radius 1 is 0.789 bits per heavy atom. The van der Waals surface area contributed by atoms with Crippen LogP contribution < -0.4 is 11.5 Å². The summed E-state index contributed by atoms with van der Waals surface area (Å²) in [5.41, 5.74) is 15.1. The summed E-state index contributed by atoms with van der Waals surface area (Å²) in [6.45, 7) is 0. The molecule has 2 aromatic carbocycles. The molecule has 0 saturated carbocycles. The van der Waals surface area contributed by atoms with Gasteiger partial charge in [-0.1, -0.05) is 50.1 Å². The molecular weight excluding hydrogens is 504 g/mol. The standard InChI is InChI=1S/C13H10Br4N2/c14-11-9(5-6-10(19)12(11)15)13(16,17)7-1-3-8(18)4-2-7/h1-6H,18-19H2. The highest BCUT2D eigenvalue weighted by Gasteiger charge is 2.30. The number of nitrogen functional groups attached to an aromatic ring is 2. The van der Waals surface area contributed by atoms with E-state index in [2.05, 4.69) is 63.7 Å². The fourth-order valence-electron chi connectivity index (χ4n) is 1.65. The Morgan fingerprint density at radius 3 is 1.95 bits per heavy atom. The van der Waals surface area contributed by atoms with Crippen LogP contribution in [0.15, 0.2) is 45.3 Å². The van der Waals surface area contributed by atoms with Crippen molar-refractivity contribution in [1.29, 1.82) is 0 Å². The van der Waals surface area contributed by atoms with Crippen LogP contribution in [0.2, 0.25) is 0 Å². The van der Waals surface area contributed by atoms with E-state index in [1.54, 1.807) is 0 Å². The molecular formula is C13H10Br4N2. The van der Waals surface area contributed by atoms with Crippen LogP contribution in [0.3, 0.4) is 0 Å². The Labute approximate surface area is 145 Å². The smallest absolute Gasteiger partial charge is 0.131 e. The van der Waals surface area contributed by atoms with Crippen molar-refractivity contribution >= 4 is 75.1 Å². The number of halogens is 4. The molecule has 100 valence electrons. The van der Waals surface area contributed by atoms with Crippen LogP contribution in [0.1, 0.15) is 11.1 Å². The van der Waals surface area contributed by atoms with Crippen molar-refractivity contribution in [3.8, 4) is 0 Å². The molecule has 0 saturated heterocycles. The van der Waals surface area contributed by atoms with Gasteiger partial charge in [-0.25, -0.2) is 0 Å². The summed E-state index contributed by atoms with van der Waals surface area (Å²) in [7, 11) is 0. The van der Waals surface area contributed by atoms with Gasteiger partial charge in [0.1, 0.15) is 3.23 Å². The van der Waals surface area contributed by atoms with Crippen LogP contribution in [0.5, 0.6) is 0 Å². The lowest BCUT2D eigenvalue weighted by Gasteiger charge is -2.24. The van der Waals surface area contributed by atoms with Crippen LogP contribution in [0.25, 0.3) is 0 Å². The van der Waals surface area contributed by atoms with E-state index in [-0.39, 0.29) is 0 Å². The Bertz CT molecular complexity index is 609. The fraction of sp³-hybridized carbons (Fsp3) is 0.0769. The first-order chi connectivity index (χ1) is 8.84. The number of nitrogens with two attached hydrogens (primary N) is 2. The lowest BCUT2D eigenvalue weighted by Crippen LogP contribution is -2.12. The molecule has 0 unspecified atom stereocenters. The van der Waals surface area contributed by atoms with Gasteiger partial charge >= 0.3 is 0 Å². The van der Waals surface area contributed by atoms with Crippen molar-refractivity contribution in [3.05, 3.63) is 56.5 Å². The largest absolute Gasteiger partial charge is 0.399 e. The molecule has 6 heteroatoms. The highest BCUT2D eigenvalue weighted by molar-refractivity contribution is 9.25. The Morgan fingerprint density at radius 2 is 1.37 bits per heavy atom. The number of rotatable bonds is 2. The van der Waals surface area contributed by atoms with Gasteiger partial charge in [0.25, 0.3) is 0 Å². The second kappa shape index (κ2) is 5.76. The number of hydrogen-bond donors (Lipinski definition) is 2. The van der Waals surface area contributed by atoms with Gasteiger partial charge in [-0.3, -0.25) is 0 Å². The Balaban J connectivity index is 2.56. The maximum absolute atomic E-state index is 5.87. The molecule has 0 aliphatic rings. The minimum atomic E-state index is -0.511. The van der Waals surface area contributed by atoms with Crippen LogP contribution in [-0.2, 0) is 3.23 Å². The summed E-state index contributed by atoms with van der Waals surface area (Å²) >= 11 is 14.5. The van der Waals surface area contributed by atoms with Crippen molar-refractivity contribution in [2.24, 2.45) is 0 Å². The molecule has 0 amide bonds. The van der Waals surface area contributed by atoms with Gasteiger partial charge in [-0.05, 0) is 61.2 Å². The zero-order valence-corrected chi connectivity index (χ0v) is 16.0. The second-order valence-electron chi connectivity index (χ2n) is 4.03. The predicted octanol–water partition coefficient (Wildman–Crippen LogP) is 5.37. The summed E-state index contributed by atoms with van der Waals surface area (Å²) in [6, 6.07) is 11.5.